The summed E-state index contributed by atoms with van der Waals surface area (Å²) >= 11 is 0. The molecule has 0 aromatic carbocycles. The summed E-state index contributed by atoms with van der Waals surface area (Å²) < 4.78 is 3.98. The molecular weight excluding hydrogens is 238 g/mol. The highest BCUT2D eigenvalue weighted by molar-refractivity contribution is 5.80. The molecule has 0 aliphatic carbocycles. The van der Waals surface area contributed by atoms with Crippen molar-refractivity contribution in [2.75, 3.05) is 7.05 Å². The second-order valence-electron chi connectivity index (χ2n) is 4.67. The van der Waals surface area contributed by atoms with Crippen LogP contribution < -0.4 is 5.32 Å². The molecule has 0 amide bonds. The fourth-order valence-electron chi connectivity index (χ4n) is 2.37. The summed E-state index contributed by atoms with van der Waals surface area (Å²) in [6, 6.07) is 6.13. The van der Waals surface area contributed by atoms with Gasteiger partial charge in [0, 0.05) is 37.6 Å². The predicted octanol–water partition coefficient (Wildman–Crippen LogP) is 1.54. The Balaban J connectivity index is 2.03. The Morgan fingerprint density at radius 3 is 2.95 bits per heavy atom. The molecule has 0 spiro atoms. The summed E-state index contributed by atoms with van der Waals surface area (Å²) in [5.74, 6) is 0. The first-order valence-corrected chi connectivity index (χ1v) is 6.34. The second-order valence-corrected chi connectivity index (χ2v) is 4.67. The van der Waals surface area contributed by atoms with E-state index >= 15 is 0 Å². The van der Waals surface area contributed by atoms with Crippen LogP contribution in [0, 0.1) is 0 Å². The van der Waals surface area contributed by atoms with Crippen molar-refractivity contribution in [2.24, 2.45) is 7.05 Å². The highest BCUT2D eigenvalue weighted by Gasteiger charge is 2.09. The molecule has 98 valence electrons. The Labute approximate surface area is 111 Å². The molecule has 19 heavy (non-hydrogen) atoms. The zero-order chi connectivity index (χ0) is 13.2. The molecule has 0 atom stereocenters. The van der Waals surface area contributed by atoms with E-state index in [0.717, 1.165) is 24.4 Å². The molecule has 3 rings (SSSR count). The molecule has 0 unspecified atom stereocenters. The second kappa shape index (κ2) is 4.85. The van der Waals surface area contributed by atoms with Crippen LogP contribution in [0.1, 0.15) is 11.3 Å². The van der Waals surface area contributed by atoms with Gasteiger partial charge < -0.3 is 9.88 Å². The van der Waals surface area contributed by atoms with Gasteiger partial charge in [-0.3, -0.25) is 4.68 Å². The standard InChI is InChI=1S/C14H17N5/c1-15-8-11-9-19(10-12-5-7-18(2)17-12)14-13(11)4-3-6-16-14/h3-7,9,15H,8,10H2,1-2H3. The first kappa shape index (κ1) is 11.9. The fourth-order valence-corrected chi connectivity index (χ4v) is 2.37. The lowest BCUT2D eigenvalue weighted by molar-refractivity contribution is 0.711. The van der Waals surface area contributed by atoms with Crippen molar-refractivity contribution in [3.8, 4) is 0 Å². The van der Waals surface area contributed by atoms with Crippen LogP contribution >= 0.6 is 0 Å². The topological polar surface area (TPSA) is 47.7 Å². The van der Waals surface area contributed by atoms with Crippen molar-refractivity contribution in [3.05, 3.63) is 48.0 Å². The van der Waals surface area contributed by atoms with Crippen molar-refractivity contribution < 1.29 is 0 Å². The number of aromatic nitrogens is 4. The van der Waals surface area contributed by atoms with Gasteiger partial charge in [0.1, 0.15) is 5.65 Å². The van der Waals surface area contributed by atoms with Gasteiger partial charge in [0.2, 0.25) is 0 Å². The number of nitrogens with one attached hydrogen (secondary N) is 1. The van der Waals surface area contributed by atoms with Gasteiger partial charge in [0.05, 0.1) is 12.2 Å². The van der Waals surface area contributed by atoms with Crippen molar-refractivity contribution in [2.45, 2.75) is 13.1 Å². The molecule has 0 aliphatic rings. The highest BCUT2D eigenvalue weighted by Crippen LogP contribution is 2.20. The van der Waals surface area contributed by atoms with E-state index in [0.29, 0.717) is 0 Å². The van der Waals surface area contributed by atoms with Crippen LogP contribution in [0.3, 0.4) is 0 Å². The van der Waals surface area contributed by atoms with Gasteiger partial charge >= 0.3 is 0 Å². The van der Waals surface area contributed by atoms with Gasteiger partial charge in [0.15, 0.2) is 0 Å². The number of aryl methyl sites for hydroxylation is 1. The van der Waals surface area contributed by atoms with Crippen molar-refractivity contribution in [1.82, 2.24) is 24.6 Å². The van der Waals surface area contributed by atoms with Gasteiger partial charge in [-0.05, 0) is 30.8 Å². The average Bonchev–Trinajstić information content (AvgIpc) is 2.97. The number of fused-ring (bicyclic) bond motifs is 1. The lowest BCUT2D eigenvalue weighted by atomic mass is 10.2. The molecule has 0 saturated heterocycles. The molecule has 5 heteroatoms. The molecule has 5 nitrogen and oxygen atoms in total. The predicted molar refractivity (Wildman–Crippen MR) is 74.8 cm³/mol. The number of rotatable bonds is 4. The third kappa shape index (κ3) is 2.24. The number of hydrogen-bond acceptors (Lipinski definition) is 3. The van der Waals surface area contributed by atoms with Gasteiger partial charge in [0.25, 0.3) is 0 Å². The van der Waals surface area contributed by atoms with Crippen LogP contribution in [0.4, 0.5) is 0 Å². The van der Waals surface area contributed by atoms with Crippen LogP contribution in [0.5, 0.6) is 0 Å². The van der Waals surface area contributed by atoms with Crippen LogP contribution in [-0.4, -0.2) is 26.4 Å². The number of hydrogen-bond donors (Lipinski definition) is 1. The van der Waals surface area contributed by atoms with E-state index in [1.807, 2.05) is 43.3 Å². The van der Waals surface area contributed by atoms with E-state index in [1.54, 1.807) is 0 Å². The lowest BCUT2D eigenvalue weighted by Gasteiger charge is -2.01. The first-order valence-electron chi connectivity index (χ1n) is 6.34. The molecule has 3 aromatic heterocycles. The quantitative estimate of drug-likeness (QED) is 0.769. The minimum Gasteiger partial charge on any atom is -0.326 e. The minimum absolute atomic E-state index is 0.748. The van der Waals surface area contributed by atoms with E-state index in [4.69, 9.17) is 0 Å². The number of nitrogens with zero attached hydrogens (tertiary/aromatic N) is 4. The lowest BCUT2D eigenvalue weighted by Crippen LogP contribution is -2.04. The van der Waals surface area contributed by atoms with Crippen LogP contribution in [0.15, 0.2) is 36.8 Å². The SMILES string of the molecule is CNCc1cn(Cc2ccn(C)n2)c2ncccc12. The summed E-state index contributed by atoms with van der Waals surface area (Å²) in [7, 11) is 3.89. The molecule has 0 saturated carbocycles. The summed E-state index contributed by atoms with van der Waals surface area (Å²) in [6.45, 7) is 1.59. The van der Waals surface area contributed by atoms with Crippen LogP contribution in [0.2, 0.25) is 0 Å². The molecule has 3 heterocycles. The molecule has 0 fully saturated rings. The van der Waals surface area contributed by atoms with Crippen LogP contribution in [0.25, 0.3) is 11.0 Å². The maximum Gasteiger partial charge on any atom is 0.140 e. The van der Waals surface area contributed by atoms with E-state index in [2.05, 4.69) is 32.2 Å². The summed E-state index contributed by atoms with van der Waals surface area (Å²) in [5, 5.41) is 8.82. The molecule has 0 radical (unpaired) electrons. The summed E-state index contributed by atoms with van der Waals surface area (Å²) in [5.41, 5.74) is 3.32. The number of pyridine rings is 1. The summed E-state index contributed by atoms with van der Waals surface area (Å²) in [4.78, 5) is 4.49. The largest absolute Gasteiger partial charge is 0.326 e. The third-order valence-electron chi connectivity index (χ3n) is 3.18. The first-order chi connectivity index (χ1) is 9.28. The molecule has 1 N–H and O–H groups in total. The smallest absolute Gasteiger partial charge is 0.140 e. The average molecular weight is 255 g/mol. The van der Waals surface area contributed by atoms with E-state index in [9.17, 15) is 0 Å². The van der Waals surface area contributed by atoms with Crippen molar-refractivity contribution in [1.29, 1.82) is 0 Å². The van der Waals surface area contributed by atoms with Gasteiger partial charge in [-0.15, -0.1) is 0 Å². The Bertz CT molecular complexity index is 695. The molecule has 0 bridgehead atoms. The van der Waals surface area contributed by atoms with E-state index in [1.165, 1.54) is 10.9 Å². The van der Waals surface area contributed by atoms with E-state index in [-0.39, 0.29) is 0 Å². The Morgan fingerprint density at radius 2 is 2.21 bits per heavy atom. The Morgan fingerprint density at radius 1 is 1.32 bits per heavy atom. The Kier molecular flexibility index (Phi) is 3.05. The van der Waals surface area contributed by atoms with E-state index < -0.39 is 0 Å². The summed E-state index contributed by atoms with van der Waals surface area (Å²) in [6.07, 6.45) is 5.95. The molecule has 3 aromatic rings. The van der Waals surface area contributed by atoms with Crippen LogP contribution in [-0.2, 0) is 20.1 Å². The zero-order valence-corrected chi connectivity index (χ0v) is 11.2. The maximum absolute atomic E-state index is 4.49. The zero-order valence-electron chi connectivity index (χ0n) is 11.2. The highest BCUT2D eigenvalue weighted by atomic mass is 15.3. The van der Waals surface area contributed by atoms with Gasteiger partial charge in [-0.2, -0.15) is 5.10 Å². The van der Waals surface area contributed by atoms with Crippen molar-refractivity contribution in [3.63, 3.8) is 0 Å². The Hall–Kier alpha value is -2.14. The third-order valence-corrected chi connectivity index (χ3v) is 3.18. The monoisotopic (exact) mass is 255 g/mol. The minimum atomic E-state index is 0.748. The van der Waals surface area contributed by atoms with Gasteiger partial charge in [-0.1, -0.05) is 0 Å². The van der Waals surface area contributed by atoms with Crippen molar-refractivity contribution >= 4 is 11.0 Å². The normalized spacial score (nSPS) is 11.3. The fraction of sp³-hybridized carbons (Fsp3) is 0.286. The van der Waals surface area contributed by atoms with Gasteiger partial charge in [-0.25, -0.2) is 4.98 Å². The molecule has 0 aliphatic heterocycles. The maximum atomic E-state index is 4.49. The molecular formula is C14H17N5.